The number of rotatable bonds is 2. The molecule has 1 aliphatic heterocycles. The highest BCUT2D eigenvalue weighted by molar-refractivity contribution is 5.72. The molecular weight excluding hydrogens is 172 g/mol. The fourth-order valence-corrected chi connectivity index (χ4v) is 1.50. The summed E-state index contributed by atoms with van der Waals surface area (Å²) in [6, 6.07) is -0.386. The van der Waals surface area contributed by atoms with Gasteiger partial charge >= 0.3 is 0 Å². The van der Waals surface area contributed by atoms with Crippen LogP contribution in [0.15, 0.2) is 0 Å². The van der Waals surface area contributed by atoms with Crippen molar-refractivity contribution in [2.45, 2.75) is 38.1 Å². The summed E-state index contributed by atoms with van der Waals surface area (Å²) in [6.45, 7) is 3.56. The minimum absolute atomic E-state index is 0.131. The van der Waals surface area contributed by atoms with Crippen LogP contribution in [-0.4, -0.2) is 47.0 Å². The van der Waals surface area contributed by atoms with Gasteiger partial charge in [-0.1, -0.05) is 0 Å². The minimum Gasteiger partial charge on any atom is -0.389 e. The van der Waals surface area contributed by atoms with Crippen LogP contribution in [0.3, 0.4) is 0 Å². The molecule has 0 aliphatic carbocycles. The fourth-order valence-electron chi connectivity index (χ4n) is 1.50. The zero-order valence-corrected chi connectivity index (χ0v) is 7.82. The summed E-state index contributed by atoms with van der Waals surface area (Å²) >= 11 is 0. The monoisotopic (exact) mass is 188 g/mol. The van der Waals surface area contributed by atoms with Crippen molar-refractivity contribution in [2.24, 2.45) is 0 Å². The number of aliphatic hydroxyl groups excluding tert-OH is 2. The van der Waals surface area contributed by atoms with Gasteiger partial charge in [0.25, 0.3) is 0 Å². The van der Waals surface area contributed by atoms with Gasteiger partial charge in [-0.3, -0.25) is 4.79 Å². The molecule has 0 radical (unpaired) electrons. The number of hydrogen-bond acceptors (Lipinski definition) is 4. The maximum Gasteiger partial charge on any atom is 0.216 e. The average Bonchev–Trinajstić information content (AvgIpc) is 2.29. The molecule has 1 saturated heterocycles. The van der Waals surface area contributed by atoms with Gasteiger partial charge in [-0.2, -0.15) is 0 Å². The SMILES string of the molecule is CC(=O)NCC1N[C@H](C)[C@@H](O)[C@@H]1O. The highest BCUT2D eigenvalue weighted by Crippen LogP contribution is 2.13. The van der Waals surface area contributed by atoms with Crippen LogP contribution in [0.5, 0.6) is 0 Å². The highest BCUT2D eigenvalue weighted by atomic mass is 16.3. The molecule has 0 saturated carbocycles. The molecule has 1 fully saturated rings. The second-order valence-electron chi connectivity index (χ2n) is 3.48. The largest absolute Gasteiger partial charge is 0.389 e. The van der Waals surface area contributed by atoms with E-state index in [4.69, 9.17) is 0 Å². The Hall–Kier alpha value is -0.650. The van der Waals surface area contributed by atoms with Gasteiger partial charge in [0.15, 0.2) is 0 Å². The molecule has 0 aromatic carbocycles. The number of carbonyl (C=O) groups is 1. The second-order valence-corrected chi connectivity index (χ2v) is 3.48. The lowest BCUT2D eigenvalue weighted by molar-refractivity contribution is -0.119. The molecule has 0 aromatic rings. The molecule has 1 unspecified atom stereocenters. The van der Waals surface area contributed by atoms with Gasteiger partial charge in [-0.25, -0.2) is 0 Å². The highest BCUT2D eigenvalue weighted by Gasteiger charge is 2.38. The molecule has 5 nitrogen and oxygen atoms in total. The van der Waals surface area contributed by atoms with E-state index in [0.29, 0.717) is 6.54 Å². The molecule has 1 aliphatic rings. The first-order chi connectivity index (χ1) is 6.02. The molecule has 0 spiro atoms. The molecule has 4 N–H and O–H groups in total. The van der Waals surface area contributed by atoms with Crippen molar-refractivity contribution in [2.75, 3.05) is 6.54 Å². The van der Waals surface area contributed by atoms with E-state index in [2.05, 4.69) is 10.6 Å². The van der Waals surface area contributed by atoms with E-state index < -0.39 is 12.2 Å². The van der Waals surface area contributed by atoms with Crippen LogP contribution in [0.25, 0.3) is 0 Å². The van der Waals surface area contributed by atoms with Crippen LogP contribution in [0.1, 0.15) is 13.8 Å². The molecule has 1 heterocycles. The van der Waals surface area contributed by atoms with Crippen molar-refractivity contribution in [3.63, 3.8) is 0 Å². The summed E-state index contributed by atoms with van der Waals surface area (Å²) in [7, 11) is 0. The second kappa shape index (κ2) is 4.04. The minimum atomic E-state index is -0.804. The molecule has 1 rings (SSSR count). The Morgan fingerprint density at radius 1 is 1.46 bits per heavy atom. The number of aliphatic hydroxyl groups is 2. The van der Waals surface area contributed by atoms with Crippen LogP contribution >= 0.6 is 0 Å². The molecule has 5 heteroatoms. The number of nitrogens with one attached hydrogen (secondary N) is 2. The summed E-state index contributed by atoms with van der Waals surface area (Å²) in [6.07, 6.45) is -1.55. The Morgan fingerprint density at radius 3 is 2.46 bits per heavy atom. The van der Waals surface area contributed by atoms with E-state index in [1.165, 1.54) is 6.92 Å². The zero-order chi connectivity index (χ0) is 10.0. The van der Waals surface area contributed by atoms with Crippen molar-refractivity contribution in [3.05, 3.63) is 0 Å². The summed E-state index contributed by atoms with van der Waals surface area (Å²) in [5.41, 5.74) is 0. The Balaban J connectivity index is 2.40. The van der Waals surface area contributed by atoms with E-state index in [0.717, 1.165) is 0 Å². The Kier molecular flexibility index (Phi) is 3.24. The number of amides is 1. The van der Waals surface area contributed by atoms with Crippen LogP contribution in [0.2, 0.25) is 0 Å². The lowest BCUT2D eigenvalue weighted by Crippen LogP contribution is -2.43. The Bertz CT molecular complexity index is 198. The van der Waals surface area contributed by atoms with Gasteiger partial charge in [0.05, 0.1) is 18.2 Å². The zero-order valence-electron chi connectivity index (χ0n) is 7.82. The van der Waals surface area contributed by atoms with Crippen molar-refractivity contribution in [1.29, 1.82) is 0 Å². The van der Waals surface area contributed by atoms with Crippen molar-refractivity contribution in [3.8, 4) is 0 Å². The van der Waals surface area contributed by atoms with E-state index in [9.17, 15) is 15.0 Å². The first-order valence-corrected chi connectivity index (χ1v) is 4.39. The van der Waals surface area contributed by atoms with Crippen LogP contribution in [0.4, 0.5) is 0 Å². The van der Waals surface area contributed by atoms with Gasteiger partial charge in [-0.15, -0.1) is 0 Å². The van der Waals surface area contributed by atoms with Gasteiger partial charge in [-0.05, 0) is 6.92 Å². The molecular formula is C8H16N2O3. The maximum absolute atomic E-state index is 10.6. The maximum atomic E-state index is 10.6. The molecule has 0 bridgehead atoms. The third-order valence-corrected chi connectivity index (χ3v) is 2.32. The number of hydrogen-bond donors (Lipinski definition) is 4. The molecule has 0 aromatic heterocycles. The van der Waals surface area contributed by atoms with Gasteiger partial charge in [0, 0.05) is 19.5 Å². The van der Waals surface area contributed by atoms with Crippen LogP contribution in [0, 0.1) is 0 Å². The molecule has 1 amide bonds. The number of carbonyl (C=O) groups excluding carboxylic acids is 1. The summed E-state index contributed by atoms with van der Waals surface area (Å²) < 4.78 is 0. The standard InChI is InChI=1S/C8H16N2O3/c1-4-7(12)8(13)6(10-4)3-9-5(2)11/h4,6-8,10,12-13H,3H2,1-2H3,(H,9,11)/t4-,6?,7-,8-/m1/s1. The molecule has 76 valence electrons. The van der Waals surface area contributed by atoms with E-state index in [-0.39, 0.29) is 18.0 Å². The summed E-state index contributed by atoms with van der Waals surface area (Å²) in [5, 5.41) is 24.4. The van der Waals surface area contributed by atoms with Crippen molar-refractivity contribution in [1.82, 2.24) is 10.6 Å². The molecule has 4 atom stereocenters. The third-order valence-electron chi connectivity index (χ3n) is 2.32. The molecule has 13 heavy (non-hydrogen) atoms. The predicted molar refractivity (Wildman–Crippen MR) is 47.1 cm³/mol. The Labute approximate surface area is 77.1 Å². The third kappa shape index (κ3) is 2.40. The lowest BCUT2D eigenvalue weighted by Gasteiger charge is -2.15. The average molecular weight is 188 g/mol. The fraction of sp³-hybridized carbons (Fsp3) is 0.875. The quantitative estimate of drug-likeness (QED) is 0.412. The lowest BCUT2D eigenvalue weighted by atomic mass is 10.1. The predicted octanol–water partition coefficient (Wildman–Crippen LogP) is -1.80. The van der Waals surface area contributed by atoms with Crippen LogP contribution < -0.4 is 10.6 Å². The van der Waals surface area contributed by atoms with Crippen molar-refractivity contribution < 1.29 is 15.0 Å². The van der Waals surface area contributed by atoms with E-state index in [1.54, 1.807) is 6.92 Å². The van der Waals surface area contributed by atoms with E-state index >= 15 is 0 Å². The summed E-state index contributed by atoms with van der Waals surface area (Å²) in [5.74, 6) is -0.136. The van der Waals surface area contributed by atoms with Gasteiger partial charge in [0.2, 0.25) is 5.91 Å². The topological polar surface area (TPSA) is 81.6 Å². The first kappa shape index (κ1) is 10.4. The Morgan fingerprint density at radius 2 is 2.08 bits per heavy atom. The summed E-state index contributed by atoms with van der Waals surface area (Å²) in [4.78, 5) is 10.6. The normalized spacial score (nSPS) is 39.1. The van der Waals surface area contributed by atoms with E-state index in [1.807, 2.05) is 0 Å². The first-order valence-electron chi connectivity index (χ1n) is 4.39. The smallest absolute Gasteiger partial charge is 0.216 e. The van der Waals surface area contributed by atoms with Crippen molar-refractivity contribution >= 4 is 5.91 Å². The van der Waals surface area contributed by atoms with Gasteiger partial charge in [0.1, 0.15) is 0 Å². The van der Waals surface area contributed by atoms with Crippen LogP contribution in [-0.2, 0) is 4.79 Å². The van der Waals surface area contributed by atoms with Gasteiger partial charge < -0.3 is 20.8 Å².